The van der Waals surface area contributed by atoms with Gasteiger partial charge in [-0.15, -0.1) is 0 Å². The number of likely N-dealkylation sites (N-methyl/N-ethyl adjacent to an activating group) is 1. The normalized spacial score (nSPS) is 15.6. The van der Waals surface area contributed by atoms with Crippen molar-refractivity contribution in [2.24, 2.45) is 0 Å². The molecular weight excluding hydrogens is 204 g/mol. The predicted molar refractivity (Wildman–Crippen MR) is 66.5 cm³/mol. The molecule has 0 aliphatic rings. The number of nitrogens with zero attached hydrogens (tertiary/aromatic N) is 1. The predicted octanol–water partition coefficient (Wildman–Crippen LogP) is 1.26. The second-order valence-corrected chi connectivity index (χ2v) is 5.13. The van der Waals surface area contributed by atoms with Crippen LogP contribution in [-0.4, -0.2) is 49.2 Å². The van der Waals surface area contributed by atoms with Gasteiger partial charge in [0.05, 0.1) is 7.11 Å². The summed E-state index contributed by atoms with van der Waals surface area (Å²) in [7, 11) is 3.44. The van der Waals surface area contributed by atoms with E-state index < -0.39 is 5.54 Å². The summed E-state index contributed by atoms with van der Waals surface area (Å²) in [6, 6.07) is 0.641. The lowest BCUT2D eigenvalue weighted by Crippen LogP contribution is -2.59. The molecule has 0 aromatic rings. The monoisotopic (exact) mass is 230 g/mol. The van der Waals surface area contributed by atoms with Gasteiger partial charge in [-0.1, -0.05) is 0 Å². The first-order chi connectivity index (χ1) is 7.23. The third kappa shape index (κ3) is 4.49. The van der Waals surface area contributed by atoms with Crippen LogP contribution in [0.4, 0.5) is 0 Å². The van der Waals surface area contributed by atoms with E-state index in [0.717, 1.165) is 0 Å². The van der Waals surface area contributed by atoms with Gasteiger partial charge < -0.3 is 9.64 Å². The lowest BCUT2D eigenvalue weighted by atomic mass is 10.00. The quantitative estimate of drug-likeness (QED) is 0.697. The van der Waals surface area contributed by atoms with Gasteiger partial charge in [-0.3, -0.25) is 10.1 Å². The van der Waals surface area contributed by atoms with Crippen LogP contribution >= 0.6 is 0 Å². The molecule has 0 radical (unpaired) electrons. The maximum Gasteiger partial charge on any atom is 0.327 e. The minimum atomic E-state index is -0.651. The van der Waals surface area contributed by atoms with Crippen molar-refractivity contribution >= 4 is 5.97 Å². The van der Waals surface area contributed by atoms with Gasteiger partial charge in [0.2, 0.25) is 0 Å². The average Bonchev–Trinajstić information content (AvgIpc) is 2.14. The molecule has 0 aromatic heterocycles. The molecule has 0 bridgehead atoms. The summed E-state index contributed by atoms with van der Waals surface area (Å²) in [5.41, 5.74) is -0.651. The number of ether oxygens (including phenoxy) is 1. The van der Waals surface area contributed by atoms with E-state index in [-0.39, 0.29) is 12.0 Å². The zero-order valence-electron chi connectivity index (χ0n) is 11.6. The average molecular weight is 230 g/mol. The summed E-state index contributed by atoms with van der Waals surface area (Å²) in [4.78, 5) is 13.9. The van der Waals surface area contributed by atoms with Crippen LogP contribution < -0.4 is 5.32 Å². The Balaban J connectivity index is 4.72. The number of esters is 1. The Labute approximate surface area is 99.3 Å². The lowest BCUT2D eigenvalue weighted by molar-refractivity contribution is -0.149. The van der Waals surface area contributed by atoms with Crippen molar-refractivity contribution in [2.45, 2.75) is 52.2 Å². The first kappa shape index (κ1) is 15.4. The third-order valence-corrected chi connectivity index (χ3v) is 2.69. The third-order valence-electron chi connectivity index (χ3n) is 2.69. The van der Waals surface area contributed by atoms with E-state index in [1.54, 1.807) is 0 Å². The van der Waals surface area contributed by atoms with Crippen molar-refractivity contribution in [1.29, 1.82) is 0 Å². The molecule has 4 nitrogen and oxygen atoms in total. The Kier molecular flexibility index (Phi) is 5.97. The van der Waals surface area contributed by atoms with E-state index in [9.17, 15) is 4.79 Å². The van der Waals surface area contributed by atoms with E-state index in [2.05, 4.69) is 24.1 Å². The molecule has 1 unspecified atom stereocenters. The zero-order valence-corrected chi connectivity index (χ0v) is 11.6. The highest BCUT2D eigenvalue weighted by Gasteiger charge is 2.36. The van der Waals surface area contributed by atoms with E-state index in [1.807, 2.05) is 27.8 Å². The van der Waals surface area contributed by atoms with Crippen molar-refractivity contribution in [2.75, 3.05) is 20.7 Å². The molecule has 0 aliphatic carbocycles. The molecule has 0 rings (SSSR count). The standard InChI is InChI=1S/C12H26N2O2/c1-9(2)13-12(5,11(15)16-7)8-14(6)10(3)4/h9-10,13H,8H2,1-7H3. The highest BCUT2D eigenvalue weighted by molar-refractivity contribution is 5.80. The van der Waals surface area contributed by atoms with Crippen LogP contribution in [0.3, 0.4) is 0 Å². The van der Waals surface area contributed by atoms with Gasteiger partial charge in [0.15, 0.2) is 0 Å². The molecule has 0 saturated heterocycles. The van der Waals surface area contributed by atoms with Crippen LogP contribution in [0.5, 0.6) is 0 Å². The van der Waals surface area contributed by atoms with E-state index >= 15 is 0 Å². The van der Waals surface area contributed by atoms with Gasteiger partial charge in [0.25, 0.3) is 0 Å². The van der Waals surface area contributed by atoms with Gasteiger partial charge in [-0.05, 0) is 41.7 Å². The van der Waals surface area contributed by atoms with E-state index in [4.69, 9.17) is 4.74 Å². The summed E-state index contributed by atoms with van der Waals surface area (Å²) in [5.74, 6) is -0.214. The van der Waals surface area contributed by atoms with E-state index in [1.165, 1.54) is 7.11 Å². The van der Waals surface area contributed by atoms with Crippen LogP contribution in [0.2, 0.25) is 0 Å². The fourth-order valence-corrected chi connectivity index (χ4v) is 1.71. The van der Waals surface area contributed by atoms with Crippen LogP contribution in [0.1, 0.15) is 34.6 Å². The SMILES string of the molecule is COC(=O)C(C)(CN(C)C(C)C)NC(C)C. The second kappa shape index (κ2) is 6.21. The fourth-order valence-electron chi connectivity index (χ4n) is 1.71. The number of hydrogen-bond donors (Lipinski definition) is 1. The highest BCUT2D eigenvalue weighted by Crippen LogP contribution is 2.11. The summed E-state index contributed by atoms with van der Waals surface area (Å²) in [6.07, 6.45) is 0. The molecule has 16 heavy (non-hydrogen) atoms. The van der Waals surface area contributed by atoms with Crippen LogP contribution in [0.25, 0.3) is 0 Å². The molecule has 0 aromatic carbocycles. The van der Waals surface area contributed by atoms with Gasteiger partial charge >= 0.3 is 5.97 Å². The Bertz CT molecular complexity index is 229. The zero-order chi connectivity index (χ0) is 12.9. The molecule has 0 heterocycles. The molecule has 1 N–H and O–H groups in total. The molecule has 0 amide bonds. The summed E-state index contributed by atoms with van der Waals surface area (Å²) >= 11 is 0. The topological polar surface area (TPSA) is 41.6 Å². The van der Waals surface area contributed by atoms with Crippen molar-refractivity contribution in [3.63, 3.8) is 0 Å². The largest absolute Gasteiger partial charge is 0.468 e. The maximum atomic E-state index is 11.8. The van der Waals surface area contributed by atoms with Crippen LogP contribution in [0.15, 0.2) is 0 Å². The molecule has 0 saturated carbocycles. The maximum absolute atomic E-state index is 11.8. The number of hydrogen-bond acceptors (Lipinski definition) is 4. The number of methoxy groups -OCH3 is 1. The Morgan fingerprint density at radius 1 is 1.38 bits per heavy atom. The van der Waals surface area contributed by atoms with Crippen molar-refractivity contribution in [1.82, 2.24) is 10.2 Å². The summed E-state index contributed by atoms with van der Waals surface area (Å²) in [5, 5.41) is 3.28. The number of carbonyl (C=O) groups excluding carboxylic acids is 1. The Hall–Kier alpha value is -0.610. The van der Waals surface area contributed by atoms with E-state index in [0.29, 0.717) is 12.6 Å². The summed E-state index contributed by atoms with van der Waals surface area (Å²) in [6.45, 7) is 10.8. The highest BCUT2D eigenvalue weighted by atomic mass is 16.5. The first-order valence-corrected chi connectivity index (χ1v) is 5.79. The molecule has 0 fully saturated rings. The number of nitrogens with one attached hydrogen (secondary N) is 1. The second-order valence-electron chi connectivity index (χ2n) is 5.13. The van der Waals surface area contributed by atoms with Gasteiger partial charge in [-0.2, -0.15) is 0 Å². The summed E-state index contributed by atoms with van der Waals surface area (Å²) < 4.78 is 4.87. The molecule has 0 spiro atoms. The van der Waals surface area contributed by atoms with Gasteiger partial charge in [-0.25, -0.2) is 0 Å². The van der Waals surface area contributed by atoms with Crippen molar-refractivity contribution in [3.05, 3.63) is 0 Å². The first-order valence-electron chi connectivity index (χ1n) is 5.79. The lowest BCUT2D eigenvalue weighted by Gasteiger charge is -2.35. The molecule has 0 aliphatic heterocycles. The Morgan fingerprint density at radius 2 is 1.88 bits per heavy atom. The number of rotatable bonds is 6. The minimum Gasteiger partial charge on any atom is -0.468 e. The molecule has 96 valence electrons. The molecule has 1 atom stereocenters. The fraction of sp³-hybridized carbons (Fsp3) is 0.917. The Morgan fingerprint density at radius 3 is 2.19 bits per heavy atom. The van der Waals surface area contributed by atoms with Crippen molar-refractivity contribution < 1.29 is 9.53 Å². The van der Waals surface area contributed by atoms with Crippen LogP contribution in [-0.2, 0) is 9.53 Å². The minimum absolute atomic E-state index is 0.214. The van der Waals surface area contributed by atoms with Gasteiger partial charge in [0, 0.05) is 18.6 Å². The molecular formula is C12H26N2O2. The number of carbonyl (C=O) groups is 1. The van der Waals surface area contributed by atoms with Crippen LogP contribution in [0, 0.1) is 0 Å². The smallest absolute Gasteiger partial charge is 0.327 e. The van der Waals surface area contributed by atoms with Gasteiger partial charge in [0.1, 0.15) is 5.54 Å². The molecule has 4 heteroatoms. The van der Waals surface area contributed by atoms with Crippen molar-refractivity contribution in [3.8, 4) is 0 Å².